The van der Waals surface area contributed by atoms with E-state index in [1.807, 2.05) is 12.1 Å². The van der Waals surface area contributed by atoms with Crippen LogP contribution in [0.25, 0.3) is 0 Å². The summed E-state index contributed by atoms with van der Waals surface area (Å²) in [6, 6.07) is 4.90. The Kier molecular flexibility index (Phi) is 3.44. The summed E-state index contributed by atoms with van der Waals surface area (Å²) in [5, 5.41) is 15.1. The van der Waals surface area contributed by atoms with Gasteiger partial charge in [0.2, 0.25) is 0 Å². The summed E-state index contributed by atoms with van der Waals surface area (Å²) in [6.45, 7) is 1.61. The lowest BCUT2D eigenvalue weighted by Crippen LogP contribution is -2.43. The van der Waals surface area contributed by atoms with E-state index in [4.69, 9.17) is 0 Å². The van der Waals surface area contributed by atoms with Crippen molar-refractivity contribution in [3.8, 4) is 0 Å². The van der Waals surface area contributed by atoms with E-state index in [1.165, 1.54) is 0 Å². The van der Waals surface area contributed by atoms with Crippen LogP contribution in [-0.4, -0.2) is 29.6 Å². The van der Waals surface area contributed by atoms with Crippen molar-refractivity contribution >= 4 is 11.9 Å². The first-order chi connectivity index (χ1) is 9.66. The Labute approximate surface area is 117 Å². The molecule has 1 unspecified atom stereocenters. The van der Waals surface area contributed by atoms with Crippen molar-refractivity contribution in [1.29, 1.82) is 0 Å². The molecule has 3 rings (SSSR count). The van der Waals surface area contributed by atoms with Gasteiger partial charge in [0.1, 0.15) is 6.04 Å². The second-order valence-electron chi connectivity index (χ2n) is 5.50. The van der Waals surface area contributed by atoms with Gasteiger partial charge in [-0.05, 0) is 48.9 Å². The quantitative estimate of drug-likeness (QED) is 0.763. The summed E-state index contributed by atoms with van der Waals surface area (Å²) in [6.07, 6.45) is 2.57. The van der Waals surface area contributed by atoms with Crippen molar-refractivity contribution < 1.29 is 14.7 Å². The molecule has 2 aliphatic rings. The van der Waals surface area contributed by atoms with E-state index in [-0.39, 0.29) is 11.8 Å². The minimum Gasteiger partial charge on any atom is -0.480 e. The molecule has 1 saturated carbocycles. The van der Waals surface area contributed by atoms with Crippen molar-refractivity contribution in [3.63, 3.8) is 0 Å². The van der Waals surface area contributed by atoms with Gasteiger partial charge in [0.05, 0.1) is 0 Å². The number of carboxylic acid groups (broad SMARTS) is 1. The fourth-order valence-electron chi connectivity index (χ4n) is 2.77. The van der Waals surface area contributed by atoms with E-state index in [0.717, 1.165) is 43.5 Å². The summed E-state index contributed by atoms with van der Waals surface area (Å²) in [7, 11) is 0. The Balaban J connectivity index is 1.81. The van der Waals surface area contributed by atoms with Crippen LogP contribution >= 0.6 is 0 Å². The third-order valence-electron chi connectivity index (χ3n) is 4.03. The molecule has 3 N–H and O–H groups in total. The van der Waals surface area contributed by atoms with Crippen molar-refractivity contribution in [1.82, 2.24) is 10.6 Å². The molecule has 1 heterocycles. The topological polar surface area (TPSA) is 78.4 Å². The molecular formula is C15H18N2O3. The average Bonchev–Trinajstić information content (AvgIpc) is 3.28. The highest BCUT2D eigenvalue weighted by atomic mass is 16.4. The molecule has 5 nitrogen and oxygen atoms in total. The summed E-state index contributed by atoms with van der Waals surface area (Å²) in [4.78, 5) is 23.6. The Morgan fingerprint density at radius 3 is 2.85 bits per heavy atom. The van der Waals surface area contributed by atoms with E-state index in [2.05, 4.69) is 10.6 Å². The van der Waals surface area contributed by atoms with Gasteiger partial charge in [0.25, 0.3) is 5.91 Å². The molecule has 1 aromatic carbocycles. The first-order valence-corrected chi connectivity index (χ1v) is 7.02. The second kappa shape index (κ2) is 5.25. The monoisotopic (exact) mass is 274 g/mol. The lowest BCUT2D eigenvalue weighted by molar-refractivity contribution is -0.139. The first kappa shape index (κ1) is 13.1. The minimum atomic E-state index is -0.938. The van der Waals surface area contributed by atoms with Crippen LogP contribution in [0.5, 0.6) is 0 Å². The van der Waals surface area contributed by atoms with Gasteiger partial charge >= 0.3 is 5.97 Å². The molecule has 1 aliphatic carbocycles. The number of fused-ring (bicyclic) bond motifs is 1. The van der Waals surface area contributed by atoms with Gasteiger partial charge in [-0.25, -0.2) is 4.79 Å². The molecule has 106 valence electrons. The summed E-state index contributed by atoms with van der Waals surface area (Å²) < 4.78 is 0. The number of benzene rings is 1. The predicted octanol–water partition coefficient (Wildman–Crippen LogP) is 0.925. The maximum atomic E-state index is 12.4. The smallest absolute Gasteiger partial charge is 0.326 e. The fraction of sp³-hybridized carbons (Fsp3) is 0.467. The van der Waals surface area contributed by atoms with Gasteiger partial charge in [-0.1, -0.05) is 12.1 Å². The standard InChI is InChI=1S/C15H18N2O3/c18-14(17-13(15(19)20)9-4-5-9)12-3-1-2-10-8-16-7-6-11(10)12/h1-3,9,13,16H,4-8H2,(H,17,18)(H,19,20). The second-order valence-corrected chi connectivity index (χ2v) is 5.50. The van der Waals surface area contributed by atoms with Gasteiger partial charge in [0, 0.05) is 12.1 Å². The third-order valence-corrected chi connectivity index (χ3v) is 4.03. The van der Waals surface area contributed by atoms with Crippen molar-refractivity contribution in [2.24, 2.45) is 5.92 Å². The predicted molar refractivity (Wildman–Crippen MR) is 73.5 cm³/mol. The summed E-state index contributed by atoms with van der Waals surface area (Å²) in [5.41, 5.74) is 2.79. The Morgan fingerprint density at radius 2 is 2.15 bits per heavy atom. The van der Waals surface area contributed by atoms with Crippen LogP contribution in [0.3, 0.4) is 0 Å². The number of aliphatic carboxylic acids is 1. The number of amides is 1. The Bertz CT molecular complexity index is 552. The van der Waals surface area contributed by atoms with E-state index in [0.29, 0.717) is 5.56 Å². The highest BCUT2D eigenvalue weighted by Crippen LogP contribution is 2.33. The van der Waals surface area contributed by atoms with Gasteiger partial charge in [-0.2, -0.15) is 0 Å². The number of carbonyl (C=O) groups excluding carboxylic acids is 1. The first-order valence-electron chi connectivity index (χ1n) is 7.02. The maximum absolute atomic E-state index is 12.4. The lowest BCUT2D eigenvalue weighted by atomic mass is 9.95. The number of nitrogens with one attached hydrogen (secondary N) is 2. The normalized spacial score (nSPS) is 19.0. The zero-order valence-electron chi connectivity index (χ0n) is 11.2. The van der Waals surface area contributed by atoms with Crippen molar-refractivity contribution in [2.45, 2.75) is 31.8 Å². The molecule has 1 fully saturated rings. The van der Waals surface area contributed by atoms with Gasteiger partial charge < -0.3 is 15.7 Å². The molecule has 5 heteroatoms. The molecule has 20 heavy (non-hydrogen) atoms. The number of rotatable bonds is 4. The van der Waals surface area contributed by atoms with Gasteiger partial charge in [-0.15, -0.1) is 0 Å². The van der Waals surface area contributed by atoms with Crippen LogP contribution < -0.4 is 10.6 Å². The summed E-state index contributed by atoms with van der Waals surface area (Å²) in [5.74, 6) is -1.10. The lowest BCUT2D eigenvalue weighted by Gasteiger charge is -2.21. The van der Waals surface area contributed by atoms with Crippen LogP contribution in [0.15, 0.2) is 18.2 Å². The molecule has 0 spiro atoms. The molecule has 0 radical (unpaired) electrons. The average molecular weight is 274 g/mol. The molecule has 1 amide bonds. The molecule has 0 saturated heterocycles. The van der Waals surface area contributed by atoms with Crippen molar-refractivity contribution in [3.05, 3.63) is 34.9 Å². The van der Waals surface area contributed by atoms with Crippen molar-refractivity contribution in [2.75, 3.05) is 6.54 Å². The third kappa shape index (κ3) is 2.54. The molecular weight excluding hydrogens is 256 g/mol. The maximum Gasteiger partial charge on any atom is 0.326 e. The molecule has 1 aromatic rings. The number of hydrogen-bond acceptors (Lipinski definition) is 3. The molecule has 0 aromatic heterocycles. The van der Waals surface area contributed by atoms with Crippen LogP contribution in [0, 0.1) is 5.92 Å². The molecule has 1 atom stereocenters. The van der Waals surface area contributed by atoms with E-state index in [9.17, 15) is 14.7 Å². The Hall–Kier alpha value is -1.88. The van der Waals surface area contributed by atoms with E-state index < -0.39 is 12.0 Å². The largest absolute Gasteiger partial charge is 0.480 e. The van der Waals surface area contributed by atoms with E-state index in [1.54, 1.807) is 6.07 Å². The van der Waals surface area contributed by atoms with Crippen LogP contribution in [0.4, 0.5) is 0 Å². The minimum absolute atomic E-state index is 0.0951. The highest BCUT2D eigenvalue weighted by molar-refractivity contribution is 5.98. The zero-order valence-corrected chi connectivity index (χ0v) is 11.2. The number of carboxylic acids is 1. The number of carbonyl (C=O) groups is 2. The fourth-order valence-corrected chi connectivity index (χ4v) is 2.77. The molecule has 1 aliphatic heterocycles. The highest BCUT2D eigenvalue weighted by Gasteiger charge is 2.37. The Morgan fingerprint density at radius 1 is 1.35 bits per heavy atom. The van der Waals surface area contributed by atoms with E-state index >= 15 is 0 Å². The summed E-state index contributed by atoms with van der Waals surface area (Å²) >= 11 is 0. The number of hydrogen-bond donors (Lipinski definition) is 3. The zero-order chi connectivity index (χ0) is 14.1. The van der Waals surface area contributed by atoms with Crippen LogP contribution in [0.2, 0.25) is 0 Å². The molecule has 0 bridgehead atoms. The van der Waals surface area contributed by atoms with Crippen LogP contribution in [0.1, 0.15) is 34.3 Å². The SMILES string of the molecule is O=C(NC(C(=O)O)C1CC1)c1cccc2c1CCNC2. The van der Waals surface area contributed by atoms with Crippen LogP contribution in [-0.2, 0) is 17.8 Å². The van der Waals surface area contributed by atoms with Gasteiger partial charge in [0.15, 0.2) is 0 Å². The van der Waals surface area contributed by atoms with Gasteiger partial charge in [-0.3, -0.25) is 4.79 Å².